The number of carbonyl (C=O) groups excluding carboxylic acids is 1. The second kappa shape index (κ2) is 9.49. The third-order valence-corrected chi connectivity index (χ3v) is 4.21. The zero-order valence-electron chi connectivity index (χ0n) is 13.1. The number of rotatable bonds is 3. The first-order chi connectivity index (χ1) is 12.0. The van der Waals surface area contributed by atoms with Crippen LogP contribution < -0.4 is 26.2 Å². The van der Waals surface area contributed by atoms with Crippen molar-refractivity contribution in [2.45, 2.75) is 0 Å². The van der Waals surface area contributed by atoms with E-state index in [1.54, 1.807) is 25.3 Å². The Morgan fingerprint density at radius 3 is 2.36 bits per heavy atom. The number of amides is 1. The minimum atomic E-state index is -0.332. The van der Waals surface area contributed by atoms with Gasteiger partial charge >= 0.3 is 0 Å². The van der Waals surface area contributed by atoms with Gasteiger partial charge in [-0.15, -0.1) is 0 Å². The van der Waals surface area contributed by atoms with Gasteiger partial charge in [0.15, 0.2) is 10.2 Å². The summed E-state index contributed by atoms with van der Waals surface area (Å²) in [6, 6.07) is 14.5. The second-order valence-corrected chi connectivity index (χ2v) is 6.68. The van der Waals surface area contributed by atoms with Crippen molar-refractivity contribution in [3.05, 3.63) is 57.7 Å². The number of hydrogen-bond donors (Lipinski definition) is 4. The number of thiocarbonyl (C=S) groups is 2. The van der Waals surface area contributed by atoms with E-state index in [-0.39, 0.29) is 11.0 Å². The molecule has 0 heterocycles. The van der Waals surface area contributed by atoms with E-state index in [2.05, 4.69) is 44.1 Å². The number of benzene rings is 2. The summed E-state index contributed by atoms with van der Waals surface area (Å²) in [5, 5.41) is 5.97. The van der Waals surface area contributed by atoms with E-state index in [0.717, 1.165) is 9.26 Å². The lowest BCUT2D eigenvalue weighted by atomic mass is 10.2. The third-order valence-electron chi connectivity index (χ3n) is 2.96. The summed E-state index contributed by atoms with van der Waals surface area (Å²) >= 11 is 12.3. The molecule has 0 aliphatic rings. The van der Waals surface area contributed by atoms with Crippen LogP contribution in [0.1, 0.15) is 10.4 Å². The number of carbonyl (C=O) groups is 1. The zero-order valence-corrected chi connectivity index (χ0v) is 16.9. The van der Waals surface area contributed by atoms with Gasteiger partial charge in [-0.25, -0.2) is 0 Å². The molecule has 9 heteroatoms. The molecular weight excluding hydrogens is 471 g/mol. The van der Waals surface area contributed by atoms with E-state index in [1.165, 1.54) is 0 Å². The topological polar surface area (TPSA) is 74.4 Å². The Morgan fingerprint density at radius 1 is 1.04 bits per heavy atom. The van der Waals surface area contributed by atoms with Gasteiger partial charge in [0.25, 0.3) is 5.91 Å². The minimum absolute atomic E-state index is 0.105. The van der Waals surface area contributed by atoms with Gasteiger partial charge in [0.1, 0.15) is 5.75 Å². The van der Waals surface area contributed by atoms with Crippen LogP contribution in [0.2, 0.25) is 0 Å². The summed E-state index contributed by atoms with van der Waals surface area (Å²) < 4.78 is 6.00. The molecule has 0 unspecified atom stereocenters. The molecule has 1 amide bonds. The largest absolute Gasteiger partial charge is 0.496 e. The van der Waals surface area contributed by atoms with Gasteiger partial charge in [0, 0.05) is 11.3 Å². The van der Waals surface area contributed by atoms with Gasteiger partial charge in [-0.05, 0) is 77.4 Å². The summed E-state index contributed by atoms with van der Waals surface area (Å²) in [7, 11) is 1.58. The number of ether oxygens (including phenoxy) is 1. The lowest BCUT2D eigenvalue weighted by Crippen LogP contribution is -2.49. The summed E-state index contributed by atoms with van der Waals surface area (Å²) in [4.78, 5) is 12.2. The molecule has 0 saturated carbocycles. The van der Waals surface area contributed by atoms with Crippen LogP contribution in [0.25, 0.3) is 0 Å². The molecule has 6 nitrogen and oxygen atoms in total. The van der Waals surface area contributed by atoms with Crippen LogP contribution in [-0.2, 0) is 0 Å². The Labute approximate surface area is 169 Å². The van der Waals surface area contributed by atoms with E-state index < -0.39 is 0 Å². The van der Waals surface area contributed by atoms with Crippen molar-refractivity contribution in [2.24, 2.45) is 0 Å². The highest BCUT2D eigenvalue weighted by Gasteiger charge is 2.10. The van der Waals surface area contributed by atoms with Gasteiger partial charge in [-0.1, -0.05) is 18.2 Å². The molecule has 25 heavy (non-hydrogen) atoms. The fraction of sp³-hybridized carbons (Fsp3) is 0.0625. The molecule has 0 aliphatic carbocycles. The van der Waals surface area contributed by atoms with Crippen molar-refractivity contribution in [3.8, 4) is 5.75 Å². The number of para-hydroxylation sites is 1. The van der Waals surface area contributed by atoms with Gasteiger partial charge in [-0.2, -0.15) is 0 Å². The number of hydrogen-bond acceptors (Lipinski definition) is 4. The Hall–Kier alpha value is -1.98. The molecule has 0 radical (unpaired) electrons. The first kappa shape index (κ1) is 19.3. The Balaban J connectivity index is 1.82. The Bertz CT molecular complexity index is 787. The number of hydrazine groups is 1. The average molecular weight is 486 g/mol. The summed E-state index contributed by atoms with van der Waals surface area (Å²) in [6.07, 6.45) is 0. The van der Waals surface area contributed by atoms with Crippen LogP contribution in [0, 0.1) is 3.57 Å². The first-order valence-electron chi connectivity index (χ1n) is 7.06. The van der Waals surface area contributed by atoms with E-state index >= 15 is 0 Å². The molecule has 0 atom stereocenters. The average Bonchev–Trinajstić information content (AvgIpc) is 2.60. The lowest BCUT2D eigenvalue weighted by Gasteiger charge is -2.14. The maximum Gasteiger partial charge on any atom is 0.257 e. The van der Waals surface area contributed by atoms with Gasteiger partial charge in [0.2, 0.25) is 0 Å². The van der Waals surface area contributed by atoms with Gasteiger partial charge < -0.3 is 10.1 Å². The molecule has 0 saturated heterocycles. The van der Waals surface area contributed by atoms with Crippen molar-refractivity contribution in [1.82, 2.24) is 16.2 Å². The van der Waals surface area contributed by atoms with Gasteiger partial charge in [0.05, 0.1) is 10.7 Å². The SMILES string of the molecule is COc1ccc(C(=O)NC(=S)NNC(=S)Nc2ccccc2)cc1I. The molecule has 2 aromatic rings. The van der Waals surface area contributed by atoms with E-state index in [4.69, 9.17) is 29.2 Å². The van der Waals surface area contributed by atoms with Gasteiger partial charge in [-0.3, -0.25) is 21.0 Å². The molecule has 130 valence electrons. The molecule has 2 rings (SSSR count). The normalized spacial score (nSPS) is 9.68. The maximum atomic E-state index is 12.2. The second-order valence-electron chi connectivity index (χ2n) is 4.70. The predicted molar refractivity (Wildman–Crippen MR) is 115 cm³/mol. The maximum absolute atomic E-state index is 12.2. The molecule has 0 bridgehead atoms. The van der Waals surface area contributed by atoms with Crippen molar-refractivity contribution in [1.29, 1.82) is 0 Å². The summed E-state index contributed by atoms with van der Waals surface area (Å²) in [5.74, 6) is 0.374. The van der Waals surface area contributed by atoms with E-state index in [0.29, 0.717) is 16.4 Å². The monoisotopic (exact) mass is 486 g/mol. The Kier molecular flexibility index (Phi) is 7.34. The molecule has 0 spiro atoms. The minimum Gasteiger partial charge on any atom is -0.496 e. The van der Waals surface area contributed by atoms with Crippen LogP contribution >= 0.6 is 47.0 Å². The standard InChI is InChI=1S/C16H15IN4O2S2/c1-23-13-8-7-10(9-12(13)17)14(22)19-16(25)21-20-15(24)18-11-5-3-2-4-6-11/h2-9H,1H3,(H2,18,20,24)(H2,19,21,22,25). The van der Waals surface area contributed by atoms with Crippen molar-refractivity contribution >= 4 is 68.8 Å². The highest BCUT2D eigenvalue weighted by Crippen LogP contribution is 2.21. The predicted octanol–water partition coefficient (Wildman–Crippen LogP) is 2.81. The van der Waals surface area contributed by atoms with E-state index in [1.807, 2.05) is 30.3 Å². The van der Waals surface area contributed by atoms with Crippen LogP contribution in [0.3, 0.4) is 0 Å². The molecule has 2 aromatic carbocycles. The molecule has 4 N–H and O–H groups in total. The Morgan fingerprint density at radius 2 is 1.72 bits per heavy atom. The first-order valence-corrected chi connectivity index (χ1v) is 8.96. The van der Waals surface area contributed by atoms with Crippen LogP contribution in [0.5, 0.6) is 5.75 Å². The molecular formula is C16H15IN4O2S2. The van der Waals surface area contributed by atoms with Crippen molar-refractivity contribution in [3.63, 3.8) is 0 Å². The zero-order chi connectivity index (χ0) is 18.2. The van der Waals surface area contributed by atoms with Crippen LogP contribution in [0.15, 0.2) is 48.5 Å². The highest BCUT2D eigenvalue weighted by atomic mass is 127. The quantitative estimate of drug-likeness (QED) is 0.302. The smallest absolute Gasteiger partial charge is 0.257 e. The fourth-order valence-electron chi connectivity index (χ4n) is 1.81. The molecule has 0 aliphatic heterocycles. The molecule has 0 fully saturated rings. The lowest BCUT2D eigenvalue weighted by molar-refractivity contribution is 0.0976. The highest BCUT2D eigenvalue weighted by molar-refractivity contribution is 14.1. The van der Waals surface area contributed by atoms with Crippen LogP contribution in [-0.4, -0.2) is 23.2 Å². The number of anilines is 1. The van der Waals surface area contributed by atoms with E-state index in [9.17, 15) is 4.79 Å². The fourth-order valence-corrected chi connectivity index (χ4v) is 2.86. The van der Waals surface area contributed by atoms with Crippen molar-refractivity contribution in [2.75, 3.05) is 12.4 Å². The number of methoxy groups -OCH3 is 1. The number of halogens is 1. The summed E-state index contributed by atoms with van der Waals surface area (Å²) in [6.45, 7) is 0. The summed E-state index contributed by atoms with van der Waals surface area (Å²) in [5.41, 5.74) is 6.68. The van der Waals surface area contributed by atoms with Crippen molar-refractivity contribution < 1.29 is 9.53 Å². The third kappa shape index (κ3) is 6.11. The number of nitrogens with one attached hydrogen (secondary N) is 4. The van der Waals surface area contributed by atoms with Crippen LogP contribution in [0.4, 0.5) is 5.69 Å². The molecule has 0 aromatic heterocycles.